The third-order valence-electron chi connectivity index (χ3n) is 10.1. The van der Waals surface area contributed by atoms with Gasteiger partial charge in [-0.25, -0.2) is 0 Å². The van der Waals surface area contributed by atoms with E-state index in [4.69, 9.17) is 28.7 Å². The summed E-state index contributed by atoms with van der Waals surface area (Å²) in [6, 6.07) is 31.4. The maximum Gasteiger partial charge on any atom is 0.160 e. The van der Waals surface area contributed by atoms with E-state index in [1.54, 1.807) is 6.07 Å². The fourth-order valence-corrected chi connectivity index (χ4v) is 7.54. The van der Waals surface area contributed by atoms with Crippen molar-refractivity contribution < 1.29 is 18.4 Å². The molecule has 2 heterocycles. The lowest BCUT2D eigenvalue weighted by atomic mass is 9.79. The van der Waals surface area contributed by atoms with E-state index >= 15 is 0 Å². The summed E-state index contributed by atoms with van der Waals surface area (Å²) in [5, 5.41) is 1.50. The number of para-hydroxylation sites is 3. The number of anilines is 3. The number of hydrogen-bond acceptors (Lipinski definition) is 3. The topological polar surface area (TPSA) is 29.5 Å². The minimum absolute atomic E-state index is 0.0596. The van der Waals surface area contributed by atoms with Crippen molar-refractivity contribution in [1.29, 1.82) is 0 Å². The Balaban J connectivity index is 1.45. The predicted molar refractivity (Wildman–Crippen MR) is 229 cm³/mol. The summed E-state index contributed by atoms with van der Waals surface area (Å²) >= 11 is 7.17. The molecule has 0 unspecified atom stereocenters. The molecule has 0 fully saturated rings. The fraction of sp³-hybridized carbons (Fsp3) is 0.160. The molecule has 0 aliphatic carbocycles. The minimum atomic E-state index is -0.447. The van der Waals surface area contributed by atoms with Gasteiger partial charge >= 0.3 is 0 Å². The van der Waals surface area contributed by atoms with Crippen LogP contribution in [0.5, 0.6) is 0 Å². The molecular formula is C50H42ClNO2. The van der Waals surface area contributed by atoms with Crippen LogP contribution in [-0.4, -0.2) is 0 Å². The third-order valence-corrected chi connectivity index (χ3v) is 10.3. The Bertz CT molecular complexity index is 3240. The molecule has 0 atom stereocenters. The molecule has 0 radical (unpaired) electrons. The van der Waals surface area contributed by atoms with Crippen LogP contribution >= 0.6 is 11.6 Å². The molecule has 0 N–H and O–H groups in total. The zero-order chi connectivity index (χ0) is 43.4. The maximum absolute atomic E-state index is 9.19. The first-order valence-electron chi connectivity index (χ1n) is 21.5. The lowest BCUT2D eigenvalue weighted by Crippen LogP contribution is -2.16. The van der Waals surface area contributed by atoms with Gasteiger partial charge in [-0.05, 0) is 75.0 Å². The molecule has 7 aromatic carbocycles. The predicted octanol–water partition coefficient (Wildman–Crippen LogP) is 15.5. The van der Waals surface area contributed by atoms with E-state index in [1.165, 1.54) is 17.2 Å². The lowest BCUT2D eigenvalue weighted by Gasteiger charge is -2.29. The van der Waals surface area contributed by atoms with E-state index in [1.807, 2.05) is 71.6 Å². The summed E-state index contributed by atoms with van der Waals surface area (Å²) in [4.78, 5) is 2.01. The summed E-state index contributed by atoms with van der Waals surface area (Å²) in [6.07, 6.45) is 0. The fourth-order valence-electron chi connectivity index (χ4n) is 7.31. The standard InChI is InChI=1S/C50H42ClNO2/c1-49(2,3)34-24-32(25-35(28-34)50(4,5)6)33-26-36(51)29-37(27-33)52(41-21-13-10-18-38(41)31-16-8-7-9-17-31)42-30-45-46(39-19-11-14-22-43(39)53-45)47-40-20-12-15-23-44(40)54-48(42)47/h7-30H,1-6H3/i11D,12D,14D,15D,19D,20D,23D. The molecule has 0 aliphatic rings. The van der Waals surface area contributed by atoms with Gasteiger partial charge in [0.2, 0.25) is 0 Å². The Morgan fingerprint density at radius 1 is 0.537 bits per heavy atom. The van der Waals surface area contributed by atoms with Gasteiger partial charge in [0.15, 0.2) is 5.58 Å². The van der Waals surface area contributed by atoms with Gasteiger partial charge < -0.3 is 13.7 Å². The van der Waals surface area contributed by atoms with E-state index < -0.39 is 12.1 Å². The molecule has 0 spiro atoms. The molecule has 0 saturated carbocycles. The Morgan fingerprint density at radius 3 is 1.93 bits per heavy atom. The van der Waals surface area contributed by atoms with Crippen molar-refractivity contribution in [3.8, 4) is 22.3 Å². The van der Waals surface area contributed by atoms with Crippen LogP contribution in [0.2, 0.25) is 5.02 Å². The lowest BCUT2D eigenvalue weighted by molar-refractivity contribution is 0.569. The van der Waals surface area contributed by atoms with Crippen LogP contribution in [0.3, 0.4) is 0 Å². The molecular weight excluding hydrogens is 682 g/mol. The van der Waals surface area contributed by atoms with Gasteiger partial charge in [-0.3, -0.25) is 0 Å². The maximum atomic E-state index is 9.19. The van der Waals surface area contributed by atoms with Gasteiger partial charge in [0, 0.05) is 43.9 Å². The summed E-state index contributed by atoms with van der Waals surface area (Å²) in [6.45, 7) is 13.2. The van der Waals surface area contributed by atoms with E-state index in [0.29, 0.717) is 27.2 Å². The second kappa shape index (κ2) is 12.7. The number of furan rings is 2. The van der Waals surface area contributed by atoms with Crippen molar-refractivity contribution in [2.45, 2.75) is 52.4 Å². The zero-order valence-electron chi connectivity index (χ0n) is 38.0. The average molecular weight is 731 g/mol. The molecule has 4 heteroatoms. The SMILES string of the molecule is [2H]c1cc2oc3cc(N(c4cc(Cl)cc(-c5cc(C(C)(C)C)cc(C(C)(C)C)c5)c4)c4ccccc4-c4ccccc4)c4oc5c([2H])c([2H])c([2H])c([2H])c5c4c3c2c([2H])c1[2H]. The second-order valence-electron chi connectivity index (χ2n) is 15.9. The van der Waals surface area contributed by atoms with Crippen LogP contribution in [0.1, 0.15) is 62.3 Å². The zero-order valence-corrected chi connectivity index (χ0v) is 31.7. The van der Waals surface area contributed by atoms with Crippen molar-refractivity contribution >= 4 is 72.5 Å². The van der Waals surface area contributed by atoms with E-state index in [-0.39, 0.29) is 74.1 Å². The Kier molecular flexibility index (Phi) is 6.32. The van der Waals surface area contributed by atoms with Crippen molar-refractivity contribution in [1.82, 2.24) is 0 Å². The van der Waals surface area contributed by atoms with E-state index in [0.717, 1.165) is 27.9 Å². The highest BCUT2D eigenvalue weighted by atomic mass is 35.5. The monoisotopic (exact) mass is 730 g/mol. The van der Waals surface area contributed by atoms with Crippen molar-refractivity contribution in [3.05, 3.63) is 162 Å². The molecule has 9 rings (SSSR count). The smallest absolute Gasteiger partial charge is 0.160 e. The first-order valence-corrected chi connectivity index (χ1v) is 18.4. The van der Waals surface area contributed by atoms with Crippen molar-refractivity contribution in [2.24, 2.45) is 0 Å². The highest BCUT2D eigenvalue weighted by Gasteiger charge is 2.27. The van der Waals surface area contributed by atoms with Crippen LogP contribution in [0, 0.1) is 0 Å². The largest absolute Gasteiger partial charge is 0.456 e. The van der Waals surface area contributed by atoms with Gasteiger partial charge in [0.05, 0.1) is 21.0 Å². The molecule has 0 amide bonds. The molecule has 9 aromatic rings. The summed E-state index contributed by atoms with van der Waals surface area (Å²) < 4.78 is 74.7. The molecule has 0 saturated heterocycles. The number of halogens is 1. The average Bonchev–Trinajstić information content (AvgIpc) is 3.80. The normalized spacial score (nSPS) is 14.2. The van der Waals surface area contributed by atoms with Gasteiger partial charge in [0.25, 0.3) is 0 Å². The van der Waals surface area contributed by atoms with Crippen LogP contribution in [0.25, 0.3) is 66.1 Å². The highest BCUT2D eigenvalue weighted by molar-refractivity contribution is 6.31. The van der Waals surface area contributed by atoms with Gasteiger partial charge in [-0.1, -0.05) is 156 Å². The number of hydrogen-bond donors (Lipinski definition) is 0. The third kappa shape index (κ3) is 5.84. The first kappa shape index (κ1) is 26.9. The van der Waals surface area contributed by atoms with Crippen LogP contribution in [0.15, 0.2) is 154 Å². The summed E-state index contributed by atoms with van der Waals surface area (Å²) in [5.41, 5.74) is 8.22. The molecule has 3 nitrogen and oxygen atoms in total. The van der Waals surface area contributed by atoms with Gasteiger partial charge in [0.1, 0.15) is 16.7 Å². The minimum Gasteiger partial charge on any atom is -0.456 e. The van der Waals surface area contributed by atoms with E-state index in [9.17, 15) is 1.37 Å². The molecule has 266 valence electrons. The highest BCUT2D eigenvalue weighted by Crippen LogP contribution is 2.50. The second-order valence-corrected chi connectivity index (χ2v) is 16.3. The van der Waals surface area contributed by atoms with Crippen LogP contribution in [-0.2, 0) is 10.8 Å². The number of rotatable bonds is 5. The summed E-state index contributed by atoms with van der Waals surface area (Å²) in [7, 11) is 0. The molecule has 2 aromatic heterocycles. The molecule has 0 bridgehead atoms. The van der Waals surface area contributed by atoms with Crippen LogP contribution in [0.4, 0.5) is 17.1 Å². The first-order chi connectivity index (χ1) is 28.8. The summed E-state index contributed by atoms with van der Waals surface area (Å²) in [5.74, 6) is 0. The number of fused-ring (bicyclic) bond motifs is 7. The van der Waals surface area contributed by atoms with Crippen LogP contribution < -0.4 is 4.90 Å². The number of benzene rings is 7. The Hall–Kier alpha value is -5.77. The Morgan fingerprint density at radius 2 is 1.19 bits per heavy atom. The van der Waals surface area contributed by atoms with Gasteiger partial charge in [-0.2, -0.15) is 0 Å². The Labute approximate surface area is 331 Å². The van der Waals surface area contributed by atoms with Crippen molar-refractivity contribution in [2.75, 3.05) is 4.90 Å². The van der Waals surface area contributed by atoms with Crippen molar-refractivity contribution in [3.63, 3.8) is 0 Å². The number of nitrogens with zero attached hydrogens (tertiary/aromatic N) is 1. The molecule has 54 heavy (non-hydrogen) atoms. The quantitative estimate of drug-likeness (QED) is 0.177. The van der Waals surface area contributed by atoms with E-state index in [2.05, 4.69) is 65.8 Å². The van der Waals surface area contributed by atoms with Gasteiger partial charge in [-0.15, -0.1) is 0 Å². The molecule has 0 aliphatic heterocycles.